The first-order valence-electron chi connectivity index (χ1n) is 16.9. The molecular formula is C35H42F2N7O11P. The fraction of sp³-hybridized carbons (Fsp3) is 0.457. The summed E-state index contributed by atoms with van der Waals surface area (Å²) in [4.78, 5) is 43.1. The average Bonchev–Trinajstić information content (AvgIpc) is 3.55. The van der Waals surface area contributed by atoms with Crippen LogP contribution >= 0.6 is 7.52 Å². The van der Waals surface area contributed by atoms with Crippen molar-refractivity contribution in [2.24, 2.45) is 0 Å². The minimum atomic E-state index is -3.91. The van der Waals surface area contributed by atoms with Crippen LogP contribution in [-0.4, -0.2) is 102 Å². The van der Waals surface area contributed by atoms with E-state index in [9.17, 15) is 33.6 Å². The van der Waals surface area contributed by atoms with Crippen LogP contribution in [0.4, 0.5) is 20.4 Å². The van der Waals surface area contributed by atoms with Crippen molar-refractivity contribution in [3.63, 3.8) is 0 Å². The molecule has 4 heterocycles. The van der Waals surface area contributed by atoms with Crippen LogP contribution in [0.3, 0.4) is 0 Å². The number of halogens is 2. The van der Waals surface area contributed by atoms with Gasteiger partial charge in [-0.1, -0.05) is 42.2 Å². The summed E-state index contributed by atoms with van der Waals surface area (Å²) in [5.41, 5.74) is 5.66. The second-order valence-electron chi connectivity index (χ2n) is 13.0. The highest BCUT2D eigenvalue weighted by atomic mass is 31.2. The fourth-order valence-corrected chi connectivity index (χ4v) is 7.64. The number of ether oxygens (including phenoxy) is 3. The zero-order chi connectivity index (χ0) is 41.6. The molecule has 1 aromatic carbocycles. The van der Waals surface area contributed by atoms with Crippen molar-refractivity contribution in [2.75, 3.05) is 24.7 Å². The van der Waals surface area contributed by atoms with Crippen LogP contribution in [0.5, 0.6) is 0 Å². The summed E-state index contributed by atoms with van der Waals surface area (Å²) >= 11 is 0. The third-order valence-electron chi connectivity index (χ3n) is 8.56. The van der Waals surface area contributed by atoms with E-state index >= 15 is 4.39 Å². The van der Waals surface area contributed by atoms with Crippen molar-refractivity contribution in [1.29, 1.82) is 0 Å². The predicted molar refractivity (Wildman–Crippen MR) is 196 cm³/mol. The lowest BCUT2D eigenvalue weighted by atomic mass is 9.98. The summed E-state index contributed by atoms with van der Waals surface area (Å²) in [6.07, 6.45) is 1.61. The minimum absolute atomic E-state index is 0.0272. The molecule has 0 aliphatic carbocycles. The minimum Gasteiger partial charge on any atom is -0.462 e. The van der Waals surface area contributed by atoms with E-state index in [4.69, 9.17) is 48.2 Å². The molecule has 3 aromatic rings. The van der Waals surface area contributed by atoms with E-state index in [2.05, 4.69) is 21.0 Å². The first-order valence-corrected chi connectivity index (χ1v) is 18.7. The molecule has 2 aromatic heterocycles. The van der Waals surface area contributed by atoms with Gasteiger partial charge in [-0.3, -0.25) is 18.5 Å². The molecule has 0 amide bonds. The van der Waals surface area contributed by atoms with E-state index in [0.29, 0.717) is 5.56 Å². The Balaban J connectivity index is 0.000000306. The SMILES string of the molecule is C#C[C@]1(CO)O[C@@H](n2ccc(N)nc2=O)[C@H](F)[C@@H]1O.C#C[C@]1(COP(=O)(Cc2ccccc2)N[C@@H](C)C(=O)OC(C)C)O[C@@H](n2ccc(N)nc2=O)[C@H](F)[C@@H]1O. The molecule has 0 bridgehead atoms. The number of carbonyl (C=O) groups excluding carboxylic acids is 1. The summed E-state index contributed by atoms with van der Waals surface area (Å²) in [7, 11) is -3.91. The van der Waals surface area contributed by atoms with Crippen LogP contribution in [0, 0.1) is 24.7 Å². The number of alkyl halides is 2. The number of terminal acetylenes is 2. The van der Waals surface area contributed by atoms with Crippen LogP contribution in [0.2, 0.25) is 0 Å². The maximum Gasteiger partial charge on any atom is 0.351 e. The number of benzene rings is 1. The molecule has 1 unspecified atom stereocenters. The Hall–Kier alpha value is -5.02. The topological polar surface area (TPSA) is 266 Å². The molecule has 2 aliphatic rings. The van der Waals surface area contributed by atoms with Crippen LogP contribution in [0.25, 0.3) is 0 Å². The van der Waals surface area contributed by atoms with Crippen molar-refractivity contribution < 1.29 is 52.2 Å². The van der Waals surface area contributed by atoms with Gasteiger partial charge in [-0.05, 0) is 38.5 Å². The number of esters is 1. The Kier molecular flexibility index (Phi) is 13.9. The second kappa shape index (κ2) is 17.8. The Morgan fingerprint density at radius 1 is 0.946 bits per heavy atom. The maximum atomic E-state index is 15.1. The number of nitrogens with zero attached hydrogens (tertiary/aromatic N) is 4. The number of anilines is 2. The zero-order valence-electron chi connectivity index (χ0n) is 30.3. The number of hydrogen-bond donors (Lipinski definition) is 6. The van der Waals surface area contributed by atoms with Gasteiger partial charge < -0.3 is 45.5 Å². The molecule has 18 nitrogen and oxygen atoms in total. The van der Waals surface area contributed by atoms with E-state index in [-0.39, 0.29) is 17.8 Å². The first kappa shape index (κ1) is 43.7. The van der Waals surface area contributed by atoms with Crippen LogP contribution in [-0.2, 0) is 34.3 Å². The molecule has 302 valence electrons. The maximum absolute atomic E-state index is 15.1. The number of aromatic nitrogens is 4. The van der Waals surface area contributed by atoms with E-state index in [1.165, 1.54) is 25.3 Å². The van der Waals surface area contributed by atoms with Gasteiger partial charge in [0.2, 0.25) is 0 Å². The van der Waals surface area contributed by atoms with Gasteiger partial charge in [0.05, 0.1) is 25.5 Å². The standard InChI is InChI=1S/C24H30FN4O7P.C11H12FN3O4/c1-5-24(20(30)19(25)21(36-24)29-12-11-18(26)27-23(29)32)14-34-37(33,13-17-9-7-6-8-10-17)28-16(4)22(31)35-15(2)3;1-2-11(5-16)8(17)7(12)9(19-11)15-4-3-6(13)14-10(15)18/h1,6-12,15-16,19-21,30H,13-14H2,2-4H3,(H,28,33)(H2,26,27,32);1,3-4,7-9,16-17H,5H2,(H2,13,14,18)/t16-,19+,20-,21+,24+,37?;7-,8+,9-,11-/m01/s1. The lowest BCUT2D eigenvalue weighted by molar-refractivity contribution is -0.149. The number of carbonyl (C=O) groups is 1. The van der Waals surface area contributed by atoms with E-state index in [0.717, 1.165) is 15.3 Å². The number of nitrogen functional groups attached to an aromatic ring is 2. The number of nitrogens with two attached hydrogens (primary N) is 2. The van der Waals surface area contributed by atoms with Gasteiger partial charge in [0.25, 0.3) is 7.52 Å². The monoisotopic (exact) mass is 805 g/mol. The quantitative estimate of drug-likeness (QED) is 0.0810. The third-order valence-corrected chi connectivity index (χ3v) is 10.7. The highest BCUT2D eigenvalue weighted by Crippen LogP contribution is 2.49. The second-order valence-corrected chi connectivity index (χ2v) is 15.2. The van der Waals surface area contributed by atoms with Crippen molar-refractivity contribution >= 4 is 25.1 Å². The molecular weight excluding hydrogens is 763 g/mol. The number of aliphatic hydroxyl groups is 3. The first-order chi connectivity index (χ1) is 26.3. The summed E-state index contributed by atoms with van der Waals surface area (Å²) in [5.74, 6) is 3.44. The lowest BCUT2D eigenvalue weighted by Crippen LogP contribution is -2.45. The Labute approximate surface area is 319 Å². The molecule has 56 heavy (non-hydrogen) atoms. The van der Waals surface area contributed by atoms with Crippen LogP contribution in [0.1, 0.15) is 38.8 Å². The molecule has 0 spiro atoms. The third kappa shape index (κ3) is 9.49. The highest BCUT2D eigenvalue weighted by molar-refractivity contribution is 7.56. The Bertz CT molecular complexity index is 2110. The Morgan fingerprint density at radius 2 is 1.43 bits per heavy atom. The smallest absolute Gasteiger partial charge is 0.351 e. The summed E-state index contributed by atoms with van der Waals surface area (Å²) < 4.78 is 66.4. The molecule has 0 radical (unpaired) electrons. The fourth-order valence-electron chi connectivity index (χ4n) is 5.60. The van der Waals surface area contributed by atoms with Crippen molar-refractivity contribution in [1.82, 2.24) is 24.2 Å². The number of hydrogen-bond acceptors (Lipinski definition) is 15. The van der Waals surface area contributed by atoms with E-state index < -0.39 is 98.4 Å². The zero-order valence-corrected chi connectivity index (χ0v) is 31.2. The largest absolute Gasteiger partial charge is 0.462 e. The van der Waals surface area contributed by atoms with Gasteiger partial charge in [0, 0.05) is 12.4 Å². The summed E-state index contributed by atoms with van der Waals surface area (Å²) in [6, 6.07) is 10.2. The average molecular weight is 806 g/mol. The van der Waals surface area contributed by atoms with E-state index in [1.807, 2.05) is 5.92 Å². The Morgan fingerprint density at radius 3 is 1.86 bits per heavy atom. The molecule has 10 atom stereocenters. The number of rotatable bonds is 12. The van der Waals surface area contributed by atoms with Crippen LogP contribution < -0.4 is 27.9 Å². The molecule has 5 rings (SSSR count). The molecule has 2 saturated heterocycles. The van der Waals surface area contributed by atoms with Crippen molar-refractivity contribution in [3.05, 3.63) is 81.4 Å². The lowest BCUT2D eigenvalue weighted by Gasteiger charge is -2.30. The van der Waals surface area contributed by atoms with Gasteiger partial charge in [-0.25, -0.2) is 23.5 Å². The number of aliphatic hydroxyl groups excluding tert-OH is 3. The summed E-state index contributed by atoms with van der Waals surface area (Å²) in [5, 5.41) is 32.2. The van der Waals surface area contributed by atoms with Gasteiger partial charge in [0.1, 0.15) is 29.9 Å². The van der Waals surface area contributed by atoms with Crippen molar-refractivity contribution in [3.8, 4) is 24.7 Å². The highest BCUT2D eigenvalue weighted by Gasteiger charge is 2.57. The molecule has 0 saturated carbocycles. The van der Waals surface area contributed by atoms with Gasteiger partial charge >= 0.3 is 17.3 Å². The van der Waals surface area contributed by atoms with Crippen molar-refractivity contribution in [2.45, 2.75) is 87.3 Å². The van der Waals surface area contributed by atoms with Gasteiger partial charge in [-0.2, -0.15) is 9.97 Å². The molecule has 2 fully saturated rings. The predicted octanol–water partition coefficient (Wildman–Crippen LogP) is 0.183. The van der Waals surface area contributed by atoms with E-state index in [1.54, 1.807) is 44.2 Å². The molecule has 21 heteroatoms. The number of nitrogens with one attached hydrogen (secondary N) is 1. The van der Waals surface area contributed by atoms with Gasteiger partial charge in [0.15, 0.2) is 36.0 Å². The summed E-state index contributed by atoms with van der Waals surface area (Å²) in [6.45, 7) is 3.30. The van der Waals surface area contributed by atoms with Gasteiger partial charge in [-0.15, -0.1) is 12.8 Å². The normalized spacial score (nSPS) is 28.6. The molecule has 2 aliphatic heterocycles. The van der Waals surface area contributed by atoms with Crippen LogP contribution in [0.15, 0.2) is 64.4 Å². The molecule has 8 N–H and O–H groups in total.